The highest BCUT2D eigenvalue weighted by Crippen LogP contribution is 2.34. The minimum absolute atomic E-state index is 0.0431. The number of carbonyl (C=O) groups is 1. The lowest BCUT2D eigenvalue weighted by Gasteiger charge is -2.39. The summed E-state index contributed by atoms with van der Waals surface area (Å²) < 4.78 is 63.7. The molecule has 5 rings (SSSR count). The second-order valence-corrected chi connectivity index (χ2v) is 11.2. The van der Waals surface area contributed by atoms with Crippen molar-refractivity contribution in [3.8, 4) is 16.9 Å². The molecule has 196 valence electrons. The topological polar surface area (TPSA) is 96.8 Å². The number of halogens is 2. The van der Waals surface area contributed by atoms with Crippen LogP contribution in [0.1, 0.15) is 11.4 Å². The van der Waals surface area contributed by atoms with Crippen LogP contribution in [0.4, 0.5) is 14.5 Å². The Bertz CT molecular complexity index is 1490. The van der Waals surface area contributed by atoms with Crippen molar-refractivity contribution in [1.82, 2.24) is 19.0 Å². The summed E-state index contributed by atoms with van der Waals surface area (Å²) in [5.41, 5.74) is 2.01. The lowest BCUT2D eigenvalue weighted by molar-refractivity contribution is -0.118. The van der Waals surface area contributed by atoms with Crippen molar-refractivity contribution in [2.75, 3.05) is 38.1 Å². The van der Waals surface area contributed by atoms with E-state index in [0.29, 0.717) is 34.9 Å². The molecule has 0 radical (unpaired) electrons. The number of nitrogens with one attached hydrogen (secondary N) is 1. The highest BCUT2D eigenvalue weighted by molar-refractivity contribution is 7.89. The van der Waals surface area contributed by atoms with Crippen LogP contribution in [-0.2, 0) is 21.9 Å². The molecule has 2 aliphatic heterocycles. The average Bonchev–Trinajstić information content (AvgIpc) is 3.13. The van der Waals surface area contributed by atoms with Gasteiger partial charge in [0, 0.05) is 38.3 Å². The van der Waals surface area contributed by atoms with Gasteiger partial charge < -0.3 is 10.1 Å². The van der Waals surface area contributed by atoms with Crippen LogP contribution in [0.3, 0.4) is 0 Å². The summed E-state index contributed by atoms with van der Waals surface area (Å²) in [6, 6.07) is 7.77. The molecule has 2 aliphatic rings. The number of benzene rings is 2. The maximum atomic E-state index is 14.3. The first-order valence-electron chi connectivity index (χ1n) is 11.8. The minimum Gasteiger partial charge on any atom is -0.490 e. The number of sulfonamides is 1. The molecule has 3 heterocycles. The zero-order chi connectivity index (χ0) is 26.5. The molecule has 0 saturated carbocycles. The van der Waals surface area contributed by atoms with E-state index >= 15 is 0 Å². The lowest BCUT2D eigenvalue weighted by Crippen LogP contribution is -2.57. The van der Waals surface area contributed by atoms with Crippen LogP contribution in [-0.4, -0.2) is 72.1 Å². The number of rotatable bonds is 3. The standard InChI is InChI=1S/C25H27F2N5O4S/c1-15-25(16(2)30(3)29-15)37(34,35)32-9-8-31-13-24(33)28-22-10-17(20-6-5-18(26)11-21(20)27)4-7-23(22)36-14-19(31)12-32/h4-7,10-11,19H,8-9,12-14H2,1-3H3,(H,28,33)/t19-/m1/s1. The van der Waals surface area contributed by atoms with E-state index in [1.165, 1.54) is 16.4 Å². The van der Waals surface area contributed by atoms with E-state index in [4.69, 9.17) is 4.74 Å². The Morgan fingerprint density at radius 2 is 1.89 bits per heavy atom. The van der Waals surface area contributed by atoms with E-state index in [9.17, 15) is 22.0 Å². The molecule has 1 fully saturated rings. The molecule has 0 bridgehead atoms. The highest BCUT2D eigenvalue weighted by Gasteiger charge is 2.38. The van der Waals surface area contributed by atoms with E-state index in [1.54, 1.807) is 43.8 Å². The molecule has 37 heavy (non-hydrogen) atoms. The van der Waals surface area contributed by atoms with Gasteiger partial charge in [0.1, 0.15) is 28.9 Å². The van der Waals surface area contributed by atoms with Crippen molar-refractivity contribution in [2.24, 2.45) is 7.05 Å². The van der Waals surface area contributed by atoms with Gasteiger partial charge in [-0.15, -0.1) is 0 Å². The Morgan fingerprint density at radius 3 is 2.59 bits per heavy atom. The summed E-state index contributed by atoms with van der Waals surface area (Å²) in [5, 5.41) is 7.06. The van der Waals surface area contributed by atoms with Gasteiger partial charge >= 0.3 is 0 Å². The molecule has 9 nitrogen and oxygen atoms in total. The van der Waals surface area contributed by atoms with Crippen LogP contribution in [0.25, 0.3) is 11.1 Å². The van der Waals surface area contributed by atoms with Crippen LogP contribution in [0.5, 0.6) is 5.75 Å². The number of nitrogens with zero attached hydrogens (tertiary/aromatic N) is 4. The van der Waals surface area contributed by atoms with Crippen LogP contribution in [0, 0.1) is 25.5 Å². The second-order valence-electron chi connectivity index (χ2n) is 9.31. The van der Waals surface area contributed by atoms with Crippen LogP contribution < -0.4 is 10.1 Å². The number of hydrogen-bond donors (Lipinski definition) is 1. The van der Waals surface area contributed by atoms with Crippen molar-refractivity contribution in [2.45, 2.75) is 24.8 Å². The normalized spacial score (nSPS) is 19.2. The number of aryl methyl sites for hydroxylation is 2. The average molecular weight is 532 g/mol. The zero-order valence-electron chi connectivity index (χ0n) is 20.7. The predicted molar refractivity (Wildman–Crippen MR) is 133 cm³/mol. The number of aromatic nitrogens is 2. The van der Waals surface area contributed by atoms with Crippen molar-refractivity contribution in [3.63, 3.8) is 0 Å². The Morgan fingerprint density at radius 1 is 1.11 bits per heavy atom. The number of amides is 1. The first-order chi connectivity index (χ1) is 17.5. The molecule has 0 unspecified atom stereocenters. The summed E-state index contributed by atoms with van der Waals surface area (Å²) in [5.74, 6) is -1.32. The molecule has 1 saturated heterocycles. The van der Waals surface area contributed by atoms with Gasteiger partial charge in [-0.2, -0.15) is 9.40 Å². The quantitative estimate of drug-likeness (QED) is 0.559. The minimum atomic E-state index is -3.80. The number of piperazine rings is 1. The van der Waals surface area contributed by atoms with Crippen LogP contribution in [0.2, 0.25) is 0 Å². The SMILES string of the molecule is Cc1nn(C)c(C)c1S(=O)(=O)N1CCN2CC(=O)Nc3cc(-c4ccc(F)cc4F)ccc3OC[C@H]2C1. The summed E-state index contributed by atoms with van der Waals surface area (Å²) in [7, 11) is -2.09. The van der Waals surface area contributed by atoms with Gasteiger partial charge in [-0.25, -0.2) is 17.2 Å². The van der Waals surface area contributed by atoms with Crippen molar-refractivity contribution < 1.29 is 26.7 Å². The number of anilines is 1. The van der Waals surface area contributed by atoms with Crippen molar-refractivity contribution in [1.29, 1.82) is 0 Å². The van der Waals surface area contributed by atoms with E-state index < -0.39 is 21.7 Å². The first kappa shape index (κ1) is 25.3. The summed E-state index contributed by atoms with van der Waals surface area (Å²) >= 11 is 0. The predicted octanol–water partition coefficient (Wildman–Crippen LogP) is 2.69. The van der Waals surface area contributed by atoms with E-state index in [0.717, 1.165) is 6.07 Å². The van der Waals surface area contributed by atoms with E-state index in [2.05, 4.69) is 10.4 Å². The summed E-state index contributed by atoms with van der Waals surface area (Å²) in [6.07, 6.45) is 0. The smallest absolute Gasteiger partial charge is 0.246 e. The van der Waals surface area contributed by atoms with Gasteiger partial charge in [-0.1, -0.05) is 6.07 Å². The third-order valence-corrected chi connectivity index (χ3v) is 9.00. The fourth-order valence-corrected chi connectivity index (χ4v) is 6.78. The van der Waals surface area contributed by atoms with Gasteiger partial charge in [0.15, 0.2) is 0 Å². The largest absolute Gasteiger partial charge is 0.490 e. The molecular formula is C25H27F2N5O4S. The van der Waals surface area contributed by atoms with Gasteiger partial charge in [-0.3, -0.25) is 14.4 Å². The Hall–Kier alpha value is -3.35. The summed E-state index contributed by atoms with van der Waals surface area (Å²) in [6.45, 7) is 4.30. The molecule has 0 spiro atoms. The Kier molecular flexibility index (Phi) is 6.50. The Balaban J connectivity index is 1.40. The van der Waals surface area contributed by atoms with Crippen molar-refractivity contribution in [3.05, 3.63) is 59.4 Å². The highest BCUT2D eigenvalue weighted by atomic mass is 32.2. The van der Waals surface area contributed by atoms with E-state index in [-0.39, 0.29) is 48.6 Å². The number of carbonyl (C=O) groups excluding carboxylic acids is 1. The molecule has 1 aromatic heterocycles. The van der Waals surface area contributed by atoms with Crippen LogP contribution >= 0.6 is 0 Å². The monoisotopic (exact) mass is 531 g/mol. The molecule has 3 aromatic rings. The molecular weight excluding hydrogens is 504 g/mol. The maximum absolute atomic E-state index is 14.3. The molecule has 12 heteroatoms. The second kappa shape index (κ2) is 9.51. The summed E-state index contributed by atoms with van der Waals surface area (Å²) in [4.78, 5) is 15.0. The molecule has 1 atom stereocenters. The van der Waals surface area contributed by atoms with Gasteiger partial charge in [0.2, 0.25) is 15.9 Å². The van der Waals surface area contributed by atoms with E-state index in [1.807, 2.05) is 4.90 Å². The van der Waals surface area contributed by atoms with Crippen LogP contribution in [0.15, 0.2) is 41.3 Å². The van der Waals surface area contributed by atoms with Gasteiger partial charge in [0.05, 0.1) is 29.7 Å². The number of hydrogen-bond acceptors (Lipinski definition) is 6. The Labute approximate surface area is 213 Å². The van der Waals surface area contributed by atoms with Gasteiger partial charge in [0.25, 0.3) is 0 Å². The number of fused-ring (bicyclic) bond motifs is 2. The zero-order valence-corrected chi connectivity index (χ0v) is 21.5. The third kappa shape index (κ3) is 4.72. The first-order valence-corrected chi connectivity index (χ1v) is 13.2. The van der Waals surface area contributed by atoms with Crippen molar-refractivity contribution >= 4 is 21.6 Å². The molecule has 0 aliphatic carbocycles. The lowest BCUT2D eigenvalue weighted by atomic mass is 10.0. The molecule has 1 amide bonds. The third-order valence-electron chi connectivity index (χ3n) is 6.88. The fraction of sp³-hybridized carbons (Fsp3) is 0.360. The molecule has 1 N–H and O–H groups in total. The molecule has 2 aromatic carbocycles. The number of ether oxygens (including phenoxy) is 1. The fourth-order valence-electron chi connectivity index (χ4n) is 4.91. The maximum Gasteiger partial charge on any atom is 0.246 e. The van der Waals surface area contributed by atoms with Gasteiger partial charge in [-0.05, 0) is 43.7 Å².